The van der Waals surface area contributed by atoms with E-state index in [1.54, 1.807) is 24.5 Å². The molecule has 0 aliphatic rings. The Balaban J connectivity index is 2.56. The molecule has 14 heavy (non-hydrogen) atoms. The van der Waals surface area contributed by atoms with Crippen LogP contribution in [0.4, 0.5) is 0 Å². The molecule has 0 fully saturated rings. The number of aryl methyl sites for hydroxylation is 1. The molecule has 0 atom stereocenters. The van der Waals surface area contributed by atoms with Gasteiger partial charge in [-0.2, -0.15) is 0 Å². The van der Waals surface area contributed by atoms with Gasteiger partial charge in [-0.05, 0) is 13.0 Å². The second kappa shape index (κ2) is 5.11. The molecule has 4 heteroatoms. The van der Waals surface area contributed by atoms with E-state index < -0.39 is 0 Å². The van der Waals surface area contributed by atoms with Crippen molar-refractivity contribution >= 4 is 12.0 Å². The van der Waals surface area contributed by atoms with Crippen LogP contribution in [-0.2, 0) is 9.53 Å². The molecule has 1 rings (SSSR count). The van der Waals surface area contributed by atoms with Crippen molar-refractivity contribution in [1.82, 2.24) is 9.97 Å². The molecule has 1 aromatic rings. The number of methoxy groups -OCH3 is 1. The Morgan fingerprint density at radius 2 is 2.36 bits per heavy atom. The zero-order valence-corrected chi connectivity index (χ0v) is 8.23. The van der Waals surface area contributed by atoms with E-state index in [1.807, 2.05) is 6.92 Å². The van der Waals surface area contributed by atoms with Crippen LogP contribution in [0.3, 0.4) is 0 Å². The van der Waals surface area contributed by atoms with Crippen LogP contribution in [0.1, 0.15) is 17.8 Å². The van der Waals surface area contributed by atoms with Gasteiger partial charge in [0.25, 0.3) is 0 Å². The Bertz CT molecular complexity index is 348. The summed E-state index contributed by atoms with van der Waals surface area (Å²) >= 11 is 0. The molecule has 0 aliphatic carbocycles. The van der Waals surface area contributed by atoms with Gasteiger partial charge in [-0.25, -0.2) is 0 Å². The molecule has 1 heterocycles. The standard InChI is InChI=1S/C10H12N2O2/c1-8-6-11-7-9(12-8)4-3-5-10(13)14-2/h3-4,6-7H,5H2,1-2H3. The van der Waals surface area contributed by atoms with E-state index >= 15 is 0 Å². The van der Waals surface area contributed by atoms with Gasteiger partial charge in [0.2, 0.25) is 0 Å². The fraction of sp³-hybridized carbons (Fsp3) is 0.300. The first-order valence-electron chi connectivity index (χ1n) is 4.24. The van der Waals surface area contributed by atoms with Crippen LogP contribution in [-0.4, -0.2) is 23.0 Å². The summed E-state index contributed by atoms with van der Waals surface area (Å²) < 4.78 is 4.49. The minimum absolute atomic E-state index is 0.256. The highest BCUT2D eigenvalue weighted by Gasteiger charge is 1.94. The highest BCUT2D eigenvalue weighted by molar-refractivity contribution is 5.72. The van der Waals surface area contributed by atoms with Crippen molar-refractivity contribution in [3.63, 3.8) is 0 Å². The lowest BCUT2D eigenvalue weighted by Gasteiger charge is -1.94. The molecule has 0 spiro atoms. The van der Waals surface area contributed by atoms with E-state index in [1.165, 1.54) is 7.11 Å². The van der Waals surface area contributed by atoms with Gasteiger partial charge in [0, 0.05) is 6.20 Å². The monoisotopic (exact) mass is 192 g/mol. The van der Waals surface area contributed by atoms with Crippen molar-refractivity contribution in [2.24, 2.45) is 0 Å². The maximum Gasteiger partial charge on any atom is 0.309 e. The number of rotatable bonds is 3. The van der Waals surface area contributed by atoms with E-state index in [-0.39, 0.29) is 12.4 Å². The smallest absolute Gasteiger partial charge is 0.309 e. The lowest BCUT2D eigenvalue weighted by atomic mass is 10.3. The number of carbonyl (C=O) groups is 1. The minimum Gasteiger partial charge on any atom is -0.469 e. The molecular weight excluding hydrogens is 180 g/mol. The van der Waals surface area contributed by atoms with Crippen molar-refractivity contribution in [1.29, 1.82) is 0 Å². The molecule has 0 aromatic carbocycles. The Labute approximate surface area is 82.6 Å². The van der Waals surface area contributed by atoms with Crippen LogP contribution in [0.5, 0.6) is 0 Å². The van der Waals surface area contributed by atoms with E-state index in [9.17, 15) is 4.79 Å². The Kier molecular flexibility index (Phi) is 3.79. The second-order valence-electron chi connectivity index (χ2n) is 2.77. The summed E-state index contributed by atoms with van der Waals surface area (Å²) in [5.74, 6) is -0.262. The van der Waals surface area contributed by atoms with Crippen molar-refractivity contribution < 1.29 is 9.53 Å². The van der Waals surface area contributed by atoms with Gasteiger partial charge in [-0.15, -0.1) is 0 Å². The van der Waals surface area contributed by atoms with Crippen LogP contribution < -0.4 is 0 Å². The molecule has 0 saturated carbocycles. The Hall–Kier alpha value is -1.71. The third-order valence-electron chi connectivity index (χ3n) is 1.57. The van der Waals surface area contributed by atoms with Gasteiger partial charge in [0.15, 0.2) is 0 Å². The van der Waals surface area contributed by atoms with E-state index in [2.05, 4.69) is 14.7 Å². The molecular formula is C10H12N2O2. The first-order valence-corrected chi connectivity index (χ1v) is 4.24. The van der Waals surface area contributed by atoms with E-state index in [0.717, 1.165) is 11.4 Å². The van der Waals surface area contributed by atoms with Crippen molar-refractivity contribution in [2.45, 2.75) is 13.3 Å². The Morgan fingerprint density at radius 1 is 1.57 bits per heavy atom. The summed E-state index contributed by atoms with van der Waals surface area (Å²) in [7, 11) is 1.36. The molecule has 0 unspecified atom stereocenters. The van der Waals surface area contributed by atoms with Gasteiger partial charge in [-0.3, -0.25) is 14.8 Å². The first-order chi connectivity index (χ1) is 6.72. The van der Waals surface area contributed by atoms with E-state index in [0.29, 0.717) is 0 Å². The van der Waals surface area contributed by atoms with Gasteiger partial charge >= 0.3 is 5.97 Å². The summed E-state index contributed by atoms with van der Waals surface area (Å²) in [5, 5.41) is 0. The van der Waals surface area contributed by atoms with Crippen molar-refractivity contribution in [3.8, 4) is 0 Å². The van der Waals surface area contributed by atoms with Crippen molar-refractivity contribution in [3.05, 3.63) is 29.9 Å². The average Bonchev–Trinajstić information content (AvgIpc) is 2.17. The first kappa shape index (κ1) is 10.4. The molecule has 0 bridgehead atoms. The number of hydrogen-bond acceptors (Lipinski definition) is 4. The van der Waals surface area contributed by atoms with Gasteiger partial charge in [-0.1, -0.05) is 6.08 Å². The molecule has 0 N–H and O–H groups in total. The lowest BCUT2D eigenvalue weighted by molar-refractivity contribution is -0.139. The highest BCUT2D eigenvalue weighted by Crippen LogP contribution is 1.99. The lowest BCUT2D eigenvalue weighted by Crippen LogP contribution is -1.96. The molecule has 0 aliphatic heterocycles. The average molecular weight is 192 g/mol. The third kappa shape index (κ3) is 3.35. The van der Waals surface area contributed by atoms with Gasteiger partial charge < -0.3 is 4.74 Å². The number of esters is 1. The molecule has 0 radical (unpaired) electrons. The zero-order valence-electron chi connectivity index (χ0n) is 8.23. The molecule has 0 saturated heterocycles. The molecule has 1 aromatic heterocycles. The number of carbonyl (C=O) groups excluding carboxylic acids is 1. The summed E-state index contributed by atoms with van der Waals surface area (Å²) in [6.45, 7) is 1.87. The molecule has 74 valence electrons. The predicted octanol–water partition coefficient (Wildman–Crippen LogP) is 1.36. The van der Waals surface area contributed by atoms with Crippen LogP contribution in [0.15, 0.2) is 18.5 Å². The highest BCUT2D eigenvalue weighted by atomic mass is 16.5. The van der Waals surface area contributed by atoms with E-state index in [4.69, 9.17) is 0 Å². The topological polar surface area (TPSA) is 52.1 Å². The number of nitrogens with zero attached hydrogens (tertiary/aromatic N) is 2. The minimum atomic E-state index is -0.262. The van der Waals surface area contributed by atoms with Gasteiger partial charge in [0.05, 0.1) is 31.1 Å². The van der Waals surface area contributed by atoms with Crippen LogP contribution in [0.25, 0.3) is 6.08 Å². The van der Waals surface area contributed by atoms with Crippen LogP contribution >= 0.6 is 0 Å². The third-order valence-corrected chi connectivity index (χ3v) is 1.57. The van der Waals surface area contributed by atoms with Crippen LogP contribution in [0, 0.1) is 6.92 Å². The quantitative estimate of drug-likeness (QED) is 0.678. The number of hydrogen-bond donors (Lipinski definition) is 0. The predicted molar refractivity (Wildman–Crippen MR) is 52.4 cm³/mol. The maximum atomic E-state index is 10.8. The van der Waals surface area contributed by atoms with Crippen LogP contribution in [0.2, 0.25) is 0 Å². The van der Waals surface area contributed by atoms with Gasteiger partial charge in [0.1, 0.15) is 0 Å². The Morgan fingerprint density at radius 3 is 3.00 bits per heavy atom. The second-order valence-corrected chi connectivity index (χ2v) is 2.77. The fourth-order valence-electron chi connectivity index (χ4n) is 0.922. The fourth-order valence-corrected chi connectivity index (χ4v) is 0.922. The number of ether oxygens (including phenoxy) is 1. The largest absolute Gasteiger partial charge is 0.469 e. The normalized spacial score (nSPS) is 10.4. The summed E-state index contributed by atoms with van der Waals surface area (Å²) in [5.41, 5.74) is 1.60. The summed E-state index contributed by atoms with van der Waals surface area (Å²) in [4.78, 5) is 18.9. The van der Waals surface area contributed by atoms with Crippen molar-refractivity contribution in [2.75, 3.05) is 7.11 Å². The molecule has 0 amide bonds. The zero-order chi connectivity index (χ0) is 10.4. The SMILES string of the molecule is COC(=O)CC=Cc1cncc(C)n1. The summed E-state index contributed by atoms with van der Waals surface area (Å²) in [6.07, 6.45) is 7.02. The summed E-state index contributed by atoms with van der Waals surface area (Å²) in [6, 6.07) is 0. The maximum absolute atomic E-state index is 10.8. The number of aromatic nitrogens is 2. The molecule has 4 nitrogen and oxygen atoms in total.